The fraction of sp³-hybridized carbons (Fsp3) is 0.941. The van der Waals surface area contributed by atoms with E-state index in [4.69, 9.17) is 9.84 Å². The molecule has 1 N–H and O–H groups in total. The molecular formula is C17H31NO3. The molecule has 0 aromatic rings. The highest BCUT2D eigenvalue weighted by Gasteiger charge is 2.36. The maximum absolute atomic E-state index is 11.0. The number of carbonyl (C=O) groups is 1. The molecule has 4 nitrogen and oxygen atoms in total. The first-order valence-electron chi connectivity index (χ1n) is 8.49. The van der Waals surface area contributed by atoms with Crippen molar-refractivity contribution in [2.75, 3.05) is 19.8 Å². The number of aliphatic carboxylic acids is 1. The molecule has 0 bridgehead atoms. The largest absolute Gasteiger partial charge is 0.481 e. The molecule has 1 unspecified atom stereocenters. The summed E-state index contributed by atoms with van der Waals surface area (Å²) >= 11 is 0. The van der Waals surface area contributed by atoms with Gasteiger partial charge in [0.05, 0.1) is 19.6 Å². The van der Waals surface area contributed by atoms with Crippen molar-refractivity contribution in [1.82, 2.24) is 4.90 Å². The highest BCUT2D eigenvalue weighted by molar-refractivity contribution is 5.67. The summed E-state index contributed by atoms with van der Waals surface area (Å²) in [5.74, 6) is 0.106. The van der Waals surface area contributed by atoms with Crippen LogP contribution >= 0.6 is 0 Å². The van der Waals surface area contributed by atoms with Crippen LogP contribution in [0, 0.1) is 11.3 Å². The second-order valence-electron chi connectivity index (χ2n) is 7.41. The fourth-order valence-electron chi connectivity index (χ4n) is 4.00. The van der Waals surface area contributed by atoms with Crippen LogP contribution in [-0.2, 0) is 9.53 Å². The number of morpholine rings is 1. The van der Waals surface area contributed by atoms with Gasteiger partial charge < -0.3 is 9.84 Å². The van der Waals surface area contributed by atoms with Gasteiger partial charge in [-0.05, 0) is 37.0 Å². The molecule has 1 aliphatic carbocycles. The summed E-state index contributed by atoms with van der Waals surface area (Å²) in [5.41, 5.74) is 0.441. The minimum absolute atomic E-state index is 0.0667. The van der Waals surface area contributed by atoms with Gasteiger partial charge in [0.25, 0.3) is 0 Å². The summed E-state index contributed by atoms with van der Waals surface area (Å²) in [4.78, 5) is 13.5. The standard InChI is InChI=1S/C17H31NO3/c1-4-17(2,3)13-5-7-14(8-6-13)18-9-10-21-12-15(18)11-16(19)20/h13-15H,4-12H2,1-3H3,(H,19,20). The zero-order valence-electron chi connectivity index (χ0n) is 13.8. The van der Waals surface area contributed by atoms with Crippen LogP contribution in [-0.4, -0.2) is 47.8 Å². The van der Waals surface area contributed by atoms with Gasteiger partial charge in [0.1, 0.15) is 0 Å². The number of nitrogens with zero attached hydrogens (tertiary/aromatic N) is 1. The van der Waals surface area contributed by atoms with Crippen molar-refractivity contribution in [2.45, 2.75) is 71.4 Å². The maximum Gasteiger partial charge on any atom is 0.305 e. The van der Waals surface area contributed by atoms with E-state index in [-0.39, 0.29) is 12.5 Å². The van der Waals surface area contributed by atoms with Gasteiger partial charge in [0.15, 0.2) is 0 Å². The number of ether oxygens (including phenoxy) is 1. The van der Waals surface area contributed by atoms with Gasteiger partial charge >= 0.3 is 5.97 Å². The zero-order chi connectivity index (χ0) is 15.5. The number of hydrogen-bond acceptors (Lipinski definition) is 3. The van der Waals surface area contributed by atoms with Gasteiger partial charge in [-0.25, -0.2) is 0 Å². The lowest BCUT2D eigenvalue weighted by molar-refractivity contribution is -0.141. The summed E-state index contributed by atoms with van der Waals surface area (Å²) in [6.07, 6.45) is 6.43. The fourth-order valence-corrected chi connectivity index (χ4v) is 4.00. The second kappa shape index (κ2) is 7.10. The topological polar surface area (TPSA) is 49.8 Å². The minimum atomic E-state index is -0.712. The van der Waals surface area contributed by atoms with Crippen LogP contribution in [0.5, 0.6) is 0 Å². The van der Waals surface area contributed by atoms with E-state index in [0.717, 1.165) is 19.1 Å². The van der Waals surface area contributed by atoms with E-state index in [1.807, 2.05) is 0 Å². The van der Waals surface area contributed by atoms with Crippen molar-refractivity contribution in [3.8, 4) is 0 Å². The monoisotopic (exact) mass is 297 g/mol. The van der Waals surface area contributed by atoms with E-state index < -0.39 is 5.97 Å². The van der Waals surface area contributed by atoms with Crippen LogP contribution in [0.15, 0.2) is 0 Å². The average molecular weight is 297 g/mol. The first-order chi connectivity index (χ1) is 9.94. The van der Waals surface area contributed by atoms with E-state index >= 15 is 0 Å². The Morgan fingerprint density at radius 1 is 1.29 bits per heavy atom. The molecule has 0 amide bonds. The van der Waals surface area contributed by atoms with E-state index in [1.165, 1.54) is 32.1 Å². The first-order valence-corrected chi connectivity index (χ1v) is 8.49. The third-order valence-electron chi connectivity index (χ3n) is 5.87. The van der Waals surface area contributed by atoms with Gasteiger partial charge in [-0.1, -0.05) is 27.2 Å². The van der Waals surface area contributed by atoms with Gasteiger partial charge in [-0.15, -0.1) is 0 Å². The molecule has 0 radical (unpaired) electrons. The average Bonchev–Trinajstić information content (AvgIpc) is 2.47. The van der Waals surface area contributed by atoms with Crippen molar-refractivity contribution in [1.29, 1.82) is 0 Å². The minimum Gasteiger partial charge on any atom is -0.481 e. The summed E-state index contributed by atoms with van der Waals surface area (Å²) in [6.45, 7) is 9.28. The van der Waals surface area contributed by atoms with Crippen molar-refractivity contribution in [2.24, 2.45) is 11.3 Å². The van der Waals surface area contributed by atoms with Crippen LogP contribution in [0.1, 0.15) is 59.3 Å². The SMILES string of the molecule is CCC(C)(C)C1CCC(N2CCOCC2CC(=O)O)CC1. The van der Waals surface area contributed by atoms with Gasteiger partial charge in [0.2, 0.25) is 0 Å². The Hall–Kier alpha value is -0.610. The van der Waals surface area contributed by atoms with Crippen LogP contribution < -0.4 is 0 Å². The van der Waals surface area contributed by atoms with Gasteiger partial charge in [-0.2, -0.15) is 0 Å². The smallest absolute Gasteiger partial charge is 0.305 e. The maximum atomic E-state index is 11.0. The molecule has 2 rings (SSSR count). The Morgan fingerprint density at radius 2 is 1.95 bits per heavy atom. The summed E-state index contributed by atoms with van der Waals surface area (Å²) < 4.78 is 5.49. The number of hydrogen-bond donors (Lipinski definition) is 1. The quantitative estimate of drug-likeness (QED) is 0.847. The van der Waals surface area contributed by atoms with Crippen molar-refractivity contribution >= 4 is 5.97 Å². The van der Waals surface area contributed by atoms with Crippen LogP contribution in [0.25, 0.3) is 0 Å². The number of carboxylic acids is 1. The van der Waals surface area contributed by atoms with Gasteiger partial charge in [-0.3, -0.25) is 9.69 Å². The summed E-state index contributed by atoms with van der Waals surface area (Å²) in [5, 5.41) is 9.08. The van der Waals surface area contributed by atoms with E-state index in [9.17, 15) is 4.79 Å². The van der Waals surface area contributed by atoms with Crippen molar-refractivity contribution < 1.29 is 14.6 Å². The Morgan fingerprint density at radius 3 is 2.52 bits per heavy atom. The molecule has 1 saturated heterocycles. The molecule has 0 aromatic carbocycles. The molecule has 1 saturated carbocycles. The molecule has 1 aliphatic heterocycles. The highest BCUT2D eigenvalue weighted by Crippen LogP contribution is 2.41. The van der Waals surface area contributed by atoms with Crippen molar-refractivity contribution in [3.05, 3.63) is 0 Å². The number of carboxylic acid groups (broad SMARTS) is 1. The molecule has 4 heteroatoms. The first kappa shape index (κ1) is 16.8. The third-order valence-corrected chi connectivity index (χ3v) is 5.87. The van der Waals surface area contributed by atoms with E-state index in [2.05, 4.69) is 25.7 Å². The Kier molecular flexibility index (Phi) is 5.67. The molecule has 2 aliphatic rings. The molecule has 0 spiro atoms. The summed E-state index contributed by atoms with van der Waals surface area (Å²) in [7, 11) is 0. The Labute approximate surface area is 128 Å². The molecule has 1 atom stereocenters. The molecule has 0 aromatic heterocycles. The predicted octanol–water partition coefficient (Wildman–Crippen LogP) is 3.16. The molecule has 122 valence electrons. The second-order valence-corrected chi connectivity index (χ2v) is 7.41. The van der Waals surface area contributed by atoms with Crippen LogP contribution in [0.4, 0.5) is 0 Å². The molecule has 2 fully saturated rings. The van der Waals surface area contributed by atoms with Gasteiger partial charge in [0, 0.05) is 18.6 Å². The third kappa shape index (κ3) is 4.19. The lowest BCUT2D eigenvalue weighted by atomic mass is 9.68. The lowest BCUT2D eigenvalue weighted by Gasteiger charge is -2.46. The van der Waals surface area contributed by atoms with E-state index in [1.54, 1.807) is 0 Å². The zero-order valence-corrected chi connectivity index (χ0v) is 13.8. The summed E-state index contributed by atoms with van der Waals surface area (Å²) in [6, 6.07) is 0.624. The predicted molar refractivity (Wildman–Crippen MR) is 83.4 cm³/mol. The Bertz CT molecular complexity index is 348. The number of rotatable bonds is 5. The molecular weight excluding hydrogens is 266 g/mol. The van der Waals surface area contributed by atoms with Crippen LogP contribution in [0.3, 0.4) is 0 Å². The lowest BCUT2D eigenvalue weighted by Crippen LogP contribution is -2.52. The van der Waals surface area contributed by atoms with E-state index in [0.29, 0.717) is 18.1 Å². The normalized spacial score (nSPS) is 32.0. The Balaban J connectivity index is 1.92. The van der Waals surface area contributed by atoms with Crippen LogP contribution in [0.2, 0.25) is 0 Å². The molecule has 1 heterocycles. The highest BCUT2D eigenvalue weighted by atomic mass is 16.5. The van der Waals surface area contributed by atoms with Crippen molar-refractivity contribution in [3.63, 3.8) is 0 Å². The molecule has 21 heavy (non-hydrogen) atoms.